The van der Waals surface area contributed by atoms with Crippen LogP contribution in [0.15, 0.2) is 58.4 Å². The fraction of sp³-hybridized carbons (Fsp3) is 0.346. The standard InChI is InChI=1S/C26H22N2O5S2/c1-33-16-9-11(7-8-15(16)29)17-18-13-10-14(21(18)34-23-22(17)35-26(32)27-23)20-19(13)24(30)28(25(20)31)12-5-3-2-4-6-12/h2-9,13-14,17-21,29H,10H2,1H3,(H,27,32)/t13-,14-,17+,18+,19+,20+,21-/m1/s1. The molecule has 3 aromatic rings. The van der Waals surface area contributed by atoms with Crippen molar-refractivity contribution < 1.29 is 19.4 Å². The van der Waals surface area contributed by atoms with Crippen LogP contribution in [-0.4, -0.2) is 34.3 Å². The number of hydrogen-bond acceptors (Lipinski definition) is 7. The summed E-state index contributed by atoms with van der Waals surface area (Å²) in [5.74, 6) is -0.301. The van der Waals surface area contributed by atoms with Crippen LogP contribution in [-0.2, 0) is 9.59 Å². The normalized spacial score (nSPS) is 32.5. The fourth-order valence-electron chi connectivity index (χ4n) is 7.11. The van der Waals surface area contributed by atoms with Gasteiger partial charge in [-0.3, -0.25) is 19.3 Å². The Bertz CT molecular complexity index is 1430. The van der Waals surface area contributed by atoms with Crippen molar-refractivity contribution in [3.63, 3.8) is 0 Å². The lowest BCUT2D eigenvalue weighted by Crippen LogP contribution is -2.42. The molecule has 178 valence electrons. The molecule has 0 unspecified atom stereocenters. The predicted octanol–water partition coefficient (Wildman–Crippen LogP) is 3.83. The van der Waals surface area contributed by atoms with E-state index < -0.39 is 0 Å². The summed E-state index contributed by atoms with van der Waals surface area (Å²) in [5, 5.41) is 11.2. The first kappa shape index (κ1) is 21.3. The lowest BCUT2D eigenvalue weighted by molar-refractivity contribution is -0.123. The van der Waals surface area contributed by atoms with Crippen molar-refractivity contribution >= 4 is 40.6 Å². The third kappa shape index (κ3) is 2.82. The Labute approximate surface area is 209 Å². The van der Waals surface area contributed by atoms with E-state index in [1.165, 1.54) is 23.3 Å². The maximum atomic E-state index is 13.7. The van der Waals surface area contributed by atoms with E-state index in [0.717, 1.165) is 21.9 Å². The van der Waals surface area contributed by atoms with Crippen molar-refractivity contribution in [2.75, 3.05) is 12.0 Å². The number of ether oxygens (including phenoxy) is 1. The Morgan fingerprint density at radius 1 is 1.03 bits per heavy atom. The number of aromatic hydroxyl groups is 1. The van der Waals surface area contributed by atoms with Gasteiger partial charge in [0.05, 0.1) is 29.7 Å². The lowest BCUT2D eigenvalue weighted by Gasteiger charge is -2.43. The number of phenolic OH excluding ortho intramolecular Hbond substituents is 1. The minimum Gasteiger partial charge on any atom is -0.504 e. The molecule has 3 heterocycles. The number of nitrogens with zero attached hydrogens (tertiary/aromatic N) is 1. The molecule has 3 fully saturated rings. The molecule has 35 heavy (non-hydrogen) atoms. The highest BCUT2D eigenvalue weighted by Gasteiger charge is 2.69. The SMILES string of the molecule is COc1cc([C@@H]2c3sc(=O)[nH]c3S[C@@H]3[C@@H]4C[C@@H]([C@@H]5C(=O)N(c6ccccc6)C(=O)[C@@H]45)[C@@H]23)ccc1O. The number of phenols is 1. The van der Waals surface area contributed by atoms with Crippen molar-refractivity contribution in [3.8, 4) is 11.5 Å². The van der Waals surface area contributed by atoms with E-state index >= 15 is 0 Å². The van der Waals surface area contributed by atoms with E-state index in [1.807, 2.05) is 42.5 Å². The van der Waals surface area contributed by atoms with Gasteiger partial charge in [0.1, 0.15) is 0 Å². The van der Waals surface area contributed by atoms with Crippen molar-refractivity contribution in [1.29, 1.82) is 0 Å². The van der Waals surface area contributed by atoms with Crippen LogP contribution in [0.25, 0.3) is 0 Å². The number of nitrogens with one attached hydrogen (secondary N) is 1. The highest BCUT2D eigenvalue weighted by Crippen LogP contribution is 2.68. The maximum absolute atomic E-state index is 13.7. The molecule has 7 nitrogen and oxygen atoms in total. The monoisotopic (exact) mass is 506 g/mol. The summed E-state index contributed by atoms with van der Waals surface area (Å²) in [5.41, 5.74) is 1.59. The Morgan fingerprint density at radius 3 is 2.51 bits per heavy atom. The number of benzene rings is 2. The fourth-order valence-corrected chi connectivity index (χ4v) is 10.00. The smallest absolute Gasteiger partial charge is 0.305 e. The summed E-state index contributed by atoms with van der Waals surface area (Å²) in [6, 6.07) is 14.5. The van der Waals surface area contributed by atoms with Crippen molar-refractivity contribution in [1.82, 2.24) is 4.98 Å². The number of aromatic nitrogens is 1. The zero-order valence-corrected chi connectivity index (χ0v) is 20.3. The quantitative estimate of drug-likeness (QED) is 0.524. The predicted molar refractivity (Wildman–Crippen MR) is 132 cm³/mol. The molecule has 1 aromatic heterocycles. The number of imide groups is 1. The summed E-state index contributed by atoms with van der Waals surface area (Å²) in [7, 11) is 1.52. The number of H-pyrrole nitrogens is 1. The summed E-state index contributed by atoms with van der Waals surface area (Å²) in [4.78, 5) is 44.9. The first-order valence-corrected chi connectivity index (χ1v) is 13.4. The molecule has 4 aliphatic rings. The second kappa shape index (κ2) is 7.48. The topological polar surface area (TPSA) is 99.7 Å². The molecule has 2 aliphatic heterocycles. The summed E-state index contributed by atoms with van der Waals surface area (Å²) < 4.78 is 5.38. The van der Waals surface area contributed by atoms with Crippen LogP contribution in [0, 0.1) is 29.6 Å². The number of hydrogen-bond donors (Lipinski definition) is 2. The summed E-state index contributed by atoms with van der Waals surface area (Å²) in [6.07, 6.45) is 0.836. The number of carbonyl (C=O) groups is 2. The number of rotatable bonds is 3. The van der Waals surface area contributed by atoms with Gasteiger partial charge < -0.3 is 14.8 Å². The Kier molecular flexibility index (Phi) is 4.54. The lowest BCUT2D eigenvalue weighted by atomic mass is 9.68. The molecule has 9 heteroatoms. The first-order valence-electron chi connectivity index (χ1n) is 11.7. The minimum absolute atomic E-state index is 0.0443. The minimum atomic E-state index is -0.340. The van der Waals surface area contributed by atoms with Crippen LogP contribution in [0.3, 0.4) is 0 Å². The van der Waals surface area contributed by atoms with Gasteiger partial charge in [0.15, 0.2) is 11.5 Å². The second-order valence-electron chi connectivity index (χ2n) is 9.74. The number of para-hydroxylation sites is 1. The molecule has 2 saturated carbocycles. The van der Waals surface area contributed by atoms with E-state index in [-0.39, 0.29) is 63.2 Å². The number of thioether (sulfide) groups is 1. The Balaban J connectivity index is 1.34. The average Bonchev–Trinajstić information content (AvgIpc) is 3.59. The van der Waals surface area contributed by atoms with E-state index in [2.05, 4.69) is 4.98 Å². The molecule has 7 rings (SSSR count). The Hall–Kier alpha value is -3.04. The summed E-state index contributed by atoms with van der Waals surface area (Å²) >= 11 is 2.88. The largest absolute Gasteiger partial charge is 0.504 e. The van der Waals surface area contributed by atoms with Gasteiger partial charge in [-0.1, -0.05) is 35.6 Å². The number of carbonyl (C=O) groups excluding carboxylic acids is 2. The van der Waals surface area contributed by atoms with Gasteiger partial charge in [0.2, 0.25) is 11.8 Å². The van der Waals surface area contributed by atoms with Crippen molar-refractivity contribution in [2.24, 2.45) is 29.6 Å². The van der Waals surface area contributed by atoms with Crippen LogP contribution in [0.4, 0.5) is 5.69 Å². The highest BCUT2D eigenvalue weighted by atomic mass is 32.2. The van der Waals surface area contributed by atoms with Gasteiger partial charge in [0.25, 0.3) is 0 Å². The molecule has 2 aliphatic carbocycles. The second-order valence-corrected chi connectivity index (χ2v) is 11.9. The number of thiazole rings is 1. The van der Waals surface area contributed by atoms with E-state index in [1.54, 1.807) is 17.8 Å². The van der Waals surface area contributed by atoms with Crippen molar-refractivity contribution in [3.05, 3.63) is 68.6 Å². The van der Waals surface area contributed by atoms with Gasteiger partial charge in [-0.25, -0.2) is 0 Å². The first-order chi connectivity index (χ1) is 17.0. The number of amides is 2. The highest BCUT2D eigenvalue weighted by molar-refractivity contribution is 8.00. The number of fused-ring (bicyclic) bond motifs is 9. The molecule has 0 radical (unpaired) electrons. The zero-order valence-electron chi connectivity index (χ0n) is 18.7. The number of aromatic amines is 1. The number of anilines is 1. The zero-order chi connectivity index (χ0) is 24.0. The molecule has 2 aromatic carbocycles. The molecule has 0 spiro atoms. The molecule has 2 bridgehead atoms. The van der Waals surface area contributed by atoms with E-state index in [4.69, 9.17) is 4.74 Å². The van der Waals surface area contributed by atoms with Crippen LogP contribution in [0.1, 0.15) is 22.8 Å². The molecule has 1 saturated heterocycles. The van der Waals surface area contributed by atoms with Gasteiger partial charge in [-0.15, -0.1) is 11.8 Å². The molecular weight excluding hydrogens is 484 g/mol. The van der Waals surface area contributed by atoms with E-state index in [0.29, 0.717) is 11.4 Å². The third-order valence-corrected chi connectivity index (χ3v) is 10.9. The van der Waals surface area contributed by atoms with Gasteiger partial charge in [-0.2, -0.15) is 0 Å². The van der Waals surface area contributed by atoms with Gasteiger partial charge in [0, 0.05) is 16.0 Å². The molecule has 2 N–H and O–H groups in total. The van der Waals surface area contributed by atoms with E-state index in [9.17, 15) is 19.5 Å². The van der Waals surface area contributed by atoms with Crippen LogP contribution in [0.5, 0.6) is 11.5 Å². The van der Waals surface area contributed by atoms with Gasteiger partial charge >= 0.3 is 4.87 Å². The third-order valence-electron chi connectivity index (χ3n) is 8.30. The molecule has 7 atom stereocenters. The van der Waals surface area contributed by atoms with Crippen LogP contribution >= 0.6 is 23.1 Å². The average molecular weight is 507 g/mol. The Morgan fingerprint density at radius 2 is 1.77 bits per heavy atom. The number of methoxy groups -OCH3 is 1. The van der Waals surface area contributed by atoms with Crippen LogP contribution < -0.4 is 14.5 Å². The van der Waals surface area contributed by atoms with Crippen LogP contribution in [0.2, 0.25) is 0 Å². The molecule has 2 amide bonds. The van der Waals surface area contributed by atoms with Gasteiger partial charge in [-0.05, 0) is 54.0 Å². The maximum Gasteiger partial charge on any atom is 0.305 e. The molecular formula is C26H22N2O5S2. The summed E-state index contributed by atoms with van der Waals surface area (Å²) in [6.45, 7) is 0. The van der Waals surface area contributed by atoms with Crippen molar-refractivity contribution in [2.45, 2.75) is 22.6 Å².